The molecule has 4 heteroatoms. The largest absolute Gasteiger partial charge is 0.425 e. The minimum absolute atomic E-state index is 0.658. The van der Waals surface area contributed by atoms with Crippen LogP contribution in [-0.4, -0.2) is 16.7 Å². The van der Waals surface area contributed by atoms with Crippen molar-refractivity contribution in [2.45, 2.75) is 32.1 Å². The van der Waals surface area contributed by atoms with Gasteiger partial charge in [0.15, 0.2) is 0 Å². The van der Waals surface area contributed by atoms with Crippen molar-refractivity contribution in [1.82, 2.24) is 10.2 Å². The Bertz CT molecular complexity index is 453. The van der Waals surface area contributed by atoms with E-state index in [2.05, 4.69) is 34.5 Å². The summed E-state index contributed by atoms with van der Waals surface area (Å²) in [5.74, 6) is 1.44. The second-order valence-electron chi connectivity index (χ2n) is 4.32. The molecule has 0 radical (unpaired) electrons. The highest BCUT2D eigenvalue weighted by Gasteiger charge is 2.05. The van der Waals surface area contributed by atoms with Crippen molar-refractivity contribution in [2.24, 2.45) is 5.73 Å². The number of aryl methyl sites for hydroxylation is 3. The summed E-state index contributed by atoms with van der Waals surface area (Å²) in [6.45, 7) is 0.658. The van der Waals surface area contributed by atoms with Crippen LogP contribution in [0, 0.1) is 0 Å². The molecule has 0 saturated carbocycles. The highest BCUT2D eigenvalue weighted by atomic mass is 16.4. The summed E-state index contributed by atoms with van der Waals surface area (Å²) in [5, 5.41) is 8.05. The summed E-state index contributed by atoms with van der Waals surface area (Å²) >= 11 is 0. The van der Waals surface area contributed by atoms with Crippen molar-refractivity contribution in [2.75, 3.05) is 6.54 Å². The van der Waals surface area contributed by atoms with Crippen LogP contribution in [0.2, 0.25) is 0 Å². The molecule has 0 atom stereocenters. The molecular formula is C14H19N3O. The molecule has 4 nitrogen and oxygen atoms in total. The van der Waals surface area contributed by atoms with Crippen LogP contribution in [-0.2, 0) is 19.3 Å². The van der Waals surface area contributed by atoms with E-state index in [1.54, 1.807) is 0 Å². The highest BCUT2D eigenvalue weighted by Crippen LogP contribution is 2.08. The van der Waals surface area contributed by atoms with Gasteiger partial charge in [0.25, 0.3) is 0 Å². The predicted octanol–water partition coefficient (Wildman–Crippen LogP) is 2.14. The van der Waals surface area contributed by atoms with E-state index >= 15 is 0 Å². The van der Waals surface area contributed by atoms with Gasteiger partial charge in [0, 0.05) is 12.8 Å². The molecule has 0 aliphatic rings. The van der Waals surface area contributed by atoms with E-state index in [-0.39, 0.29) is 0 Å². The molecule has 0 fully saturated rings. The fraction of sp³-hybridized carbons (Fsp3) is 0.429. The van der Waals surface area contributed by atoms with Crippen molar-refractivity contribution < 1.29 is 4.42 Å². The standard InChI is InChI=1S/C14H19N3O/c15-11-5-10-14-17-16-13(18-14)9-4-8-12-6-2-1-3-7-12/h1-3,6-7H,4-5,8-11,15H2. The van der Waals surface area contributed by atoms with E-state index in [0.717, 1.165) is 38.0 Å². The molecule has 0 unspecified atom stereocenters. The number of hydrogen-bond donors (Lipinski definition) is 1. The Morgan fingerprint density at radius 1 is 0.889 bits per heavy atom. The van der Waals surface area contributed by atoms with Gasteiger partial charge in [0.2, 0.25) is 11.8 Å². The van der Waals surface area contributed by atoms with Crippen molar-refractivity contribution in [3.8, 4) is 0 Å². The lowest BCUT2D eigenvalue weighted by Crippen LogP contribution is -2.00. The maximum Gasteiger partial charge on any atom is 0.216 e. The first-order valence-electron chi connectivity index (χ1n) is 6.44. The van der Waals surface area contributed by atoms with Gasteiger partial charge in [0.05, 0.1) is 0 Å². The fourth-order valence-electron chi connectivity index (χ4n) is 1.83. The van der Waals surface area contributed by atoms with Crippen molar-refractivity contribution in [3.63, 3.8) is 0 Å². The molecule has 0 aliphatic heterocycles. The average Bonchev–Trinajstić information content (AvgIpc) is 2.85. The average molecular weight is 245 g/mol. The van der Waals surface area contributed by atoms with E-state index in [4.69, 9.17) is 10.2 Å². The molecule has 1 aromatic carbocycles. The van der Waals surface area contributed by atoms with E-state index in [1.165, 1.54) is 5.56 Å². The zero-order valence-corrected chi connectivity index (χ0v) is 10.5. The quantitative estimate of drug-likeness (QED) is 0.811. The SMILES string of the molecule is NCCCc1nnc(CCCc2ccccc2)o1. The van der Waals surface area contributed by atoms with Crippen molar-refractivity contribution in [1.29, 1.82) is 0 Å². The van der Waals surface area contributed by atoms with E-state index in [0.29, 0.717) is 12.4 Å². The van der Waals surface area contributed by atoms with Crippen LogP contribution < -0.4 is 5.73 Å². The zero-order chi connectivity index (χ0) is 12.6. The van der Waals surface area contributed by atoms with E-state index in [1.807, 2.05) is 6.07 Å². The number of hydrogen-bond acceptors (Lipinski definition) is 4. The Labute approximate surface area is 107 Å². The second kappa shape index (κ2) is 6.91. The molecule has 0 amide bonds. The molecule has 1 aromatic heterocycles. The van der Waals surface area contributed by atoms with Gasteiger partial charge in [-0.15, -0.1) is 10.2 Å². The molecule has 0 aliphatic carbocycles. The van der Waals surface area contributed by atoms with E-state index < -0.39 is 0 Å². The molecule has 2 N–H and O–H groups in total. The Kier molecular flexibility index (Phi) is 4.90. The summed E-state index contributed by atoms with van der Waals surface area (Å²) < 4.78 is 5.55. The number of nitrogens with zero attached hydrogens (tertiary/aromatic N) is 2. The Morgan fingerprint density at radius 3 is 2.22 bits per heavy atom. The summed E-state index contributed by atoms with van der Waals surface area (Å²) in [7, 11) is 0. The van der Waals surface area contributed by atoms with Crippen LogP contribution in [0.1, 0.15) is 30.2 Å². The third-order valence-corrected chi connectivity index (χ3v) is 2.80. The number of rotatable bonds is 7. The number of benzene rings is 1. The topological polar surface area (TPSA) is 64.9 Å². The van der Waals surface area contributed by atoms with Crippen LogP contribution in [0.5, 0.6) is 0 Å². The maximum atomic E-state index is 5.55. The molecule has 96 valence electrons. The normalized spacial score (nSPS) is 10.7. The van der Waals surface area contributed by atoms with Gasteiger partial charge >= 0.3 is 0 Å². The first kappa shape index (κ1) is 12.8. The van der Waals surface area contributed by atoms with Gasteiger partial charge in [-0.25, -0.2) is 0 Å². The van der Waals surface area contributed by atoms with Crippen LogP contribution in [0.3, 0.4) is 0 Å². The second-order valence-corrected chi connectivity index (χ2v) is 4.32. The van der Waals surface area contributed by atoms with Crippen LogP contribution in [0.25, 0.3) is 0 Å². The number of nitrogens with two attached hydrogens (primary N) is 1. The van der Waals surface area contributed by atoms with Crippen LogP contribution in [0.15, 0.2) is 34.7 Å². The molecule has 0 saturated heterocycles. The van der Waals surface area contributed by atoms with Gasteiger partial charge in [-0.05, 0) is 31.4 Å². The minimum atomic E-state index is 0.658. The lowest BCUT2D eigenvalue weighted by atomic mass is 10.1. The summed E-state index contributed by atoms with van der Waals surface area (Å²) in [6.07, 6.45) is 4.59. The maximum absolute atomic E-state index is 5.55. The molecule has 2 rings (SSSR count). The van der Waals surface area contributed by atoms with E-state index in [9.17, 15) is 0 Å². The Morgan fingerprint density at radius 2 is 1.56 bits per heavy atom. The molecule has 1 heterocycles. The molecule has 0 spiro atoms. The third-order valence-electron chi connectivity index (χ3n) is 2.80. The van der Waals surface area contributed by atoms with Gasteiger partial charge in [-0.2, -0.15) is 0 Å². The molecule has 18 heavy (non-hydrogen) atoms. The lowest BCUT2D eigenvalue weighted by Gasteiger charge is -1.98. The predicted molar refractivity (Wildman–Crippen MR) is 70.1 cm³/mol. The molecule has 0 bridgehead atoms. The molecular weight excluding hydrogens is 226 g/mol. The third kappa shape index (κ3) is 3.96. The summed E-state index contributed by atoms with van der Waals surface area (Å²) in [4.78, 5) is 0. The number of aromatic nitrogens is 2. The lowest BCUT2D eigenvalue weighted by molar-refractivity contribution is 0.441. The van der Waals surface area contributed by atoms with Crippen LogP contribution >= 0.6 is 0 Å². The summed E-state index contributed by atoms with van der Waals surface area (Å²) in [5.41, 5.74) is 6.79. The zero-order valence-electron chi connectivity index (χ0n) is 10.5. The van der Waals surface area contributed by atoms with Crippen molar-refractivity contribution >= 4 is 0 Å². The first-order valence-corrected chi connectivity index (χ1v) is 6.44. The Hall–Kier alpha value is -1.68. The monoisotopic (exact) mass is 245 g/mol. The van der Waals surface area contributed by atoms with Crippen LogP contribution in [0.4, 0.5) is 0 Å². The fourth-order valence-corrected chi connectivity index (χ4v) is 1.83. The molecule has 2 aromatic rings. The smallest absolute Gasteiger partial charge is 0.216 e. The van der Waals surface area contributed by atoms with Gasteiger partial charge < -0.3 is 10.2 Å². The Balaban J connectivity index is 1.75. The summed E-state index contributed by atoms with van der Waals surface area (Å²) in [6, 6.07) is 10.4. The van der Waals surface area contributed by atoms with Gasteiger partial charge in [-0.1, -0.05) is 30.3 Å². The minimum Gasteiger partial charge on any atom is -0.425 e. The first-order chi connectivity index (χ1) is 8.88. The van der Waals surface area contributed by atoms with Gasteiger partial charge in [0.1, 0.15) is 0 Å². The highest BCUT2D eigenvalue weighted by molar-refractivity contribution is 5.14. The van der Waals surface area contributed by atoms with Gasteiger partial charge in [-0.3, -0.25) is 0 Å². The van der Waals surface area contributed by atoms with Crippen molar-refractivity contribution in [3.05, 3.63) is 47.7 Å².